The van der Waals surface area contributed by atoms with Gasteiger partial charge in [0.15, 0.2) is 11.6 Å². The molecule has 0 atom stereocenters. The zero-order valence-corrected chi connectivity index (χ0v) is 12.1. The van der Waals surface area contributed by atoms with Crippen LogP contribution in [0.4, 0.5) is 10.1 Å². The first-order chi connectivity index (χ1) is 9.63. The van der Waals surface area contributed by atoms with Gasteiger partial charge in [0.1, 0.15) is 0 Å². The van der Waals surface area contributed by atoms with E-state index in [0.29, 0.717) is 13.2 Å². The molecule has 0 bridgehead atoms. The predicted octanol–water partition coefficient (Wildman–Crippen LogP) is 3.36. The van der Waals surface area contributed by atoms with Crippen molar-refractivity contribution in [3.8, 4) is 5.75 Å². The second-order valence-electron chi connectivity index (χ2n) is 4.52. The van der Waals surface area contributed by atoms with E-state index >= 15 is 0 Å². The van der Waals surface area contributed by atoms with Crippen molar-refractivity contribution in [1.82, 2.24) is 9.78 Å². The van der Waals surface area contributed by atoms with E-state index in [0.717, 1.165) is 23.6 Å². The minimum absolute atomic E-state index is 0.285. The van der Waals surface area contributed by atoms with Gasteiger partial charge < -0.3 is 10.1 Å². The van der Waals surface area contributed by atoms with E-state index in [9.17, 15) is 4.39 Å². The van der Waals surface area contributed by atoms with E-state index in [-0.39, 0.29) is 11.6 Å². The van der Waals surface area contributed by atoms with Crippen LogP contribution in [0.5, 0.6) is 5.75 Å². The number of hydrogen-bond donors (Lipinski definition) is 1. The molecular weight excluding hydrogens is 257 g/mol. The number of rotatable bonds is 6. The molecule has 0 saturated carbocycles. The third-order valence-electron chi connectivity index (χ3n) is 2.99. The first-order valence-corrected chi connectivity index (χ1v) is 6.83. The van der Waals surface area contributed by atoms with Gasteiger partial charge in [-0.05, 0) is 39.0 Å². The number of nitrogens with zero attached hydrogens (tertiary/aromatic N) is 2. The highest BCUT2D eigenvalue weighted by Crippen LogP contribution is 2.21. The molecule has 0 aliphatic heterocycles. The molecule has 5 heteroatoms. The molecule has 0 unspecified atom stereocenters. The Bertz CT molecular complexity index is 580. The van der Waals surface area contributed by atoms with Gasteiger partial charge in [0, 0.05) is 18.3 Å². The van der Waals surface area contributed by atoms with Crippen LogP contribution >= 0.6 is 0 Å². The summed E-state index contributed by atoms with van der Waals surface area (Å²) < 4.78 is 20.8. The summed E-state index contributed by atoms with van der Waals surface area (Å²) in [7, 11) is 0. The van der Waals surface area contributed by atoms with Crippen LogP contribution in [0.2, 0.25) is 0 Å². The summed E-state index contributed by atoms with van der Waals surface area (Å²) in [6, 6.07) is 6.93. The maximum atomic E-state index is 13.7. The van der Waals surface area contributed by atoms with Gasteiger partial charge in [-0.25, -0.2) is 4.39 Å². The first-order valence-electron chi connectivity index (χ1n) is 6.83. The molecule has 2 rings (SSSR count). The zero-order valence-electron chi connectivity index (χ0n) is 12.1. The minimum atomic E-state index is -0.350. The normalized spacial score (nSPS) is 10.6. The van der Waals surface area contributed by atoms with Crippen LogP contribution in [0.25, 0.3) is 0 Å². The molecule has 2 aromatic rings. The molecule has 4 nitrogen and oxygen atoms in total. The van der Waals surface area contributed by atoms with Gasteiger partial charge in [0.25, 0.3) is 0 Å². The highest BCUT2D eigenvalue weighted by atomic mass is 19.1. The van der Waals surface area contributed by atoms with Crippen molar-refractivity contribution in [3.63, 3.8) is 0 Å². The van der Waals surface area contributed by atoms with Gasteiger partial charge in [0.05, 0.1) is 24.5 Å². The lowest BCUT2D eigenvalue weighted by Gasteiger charge is -2.10. The molecule has 1 aromatic heterocycles. The number of anilines is 1. The van der Waals surface area contributed by atoms with Crippen molar-refractivity contribution in [1.29, 1.82) is 0 Å². The van der Waals surface area contributed by atoms with Gasteiger partial charge in [-0.1, -0.05) is 0 Å². The van der Waals surface area contributed by atoms with E-state index in [1.165, 1.54) is 6.07 Å². The fraction of sp³-hybridized carbons (Fsp3) is 0.400. The zero-order chi connectivity index (χ0) is 14.5. The number of nitrogens with one attached hydrogen (secondary N) is 1. The number of benzene rings is 1. The van der Waals surface area contributed by atoms with Crippen molar-refractivity contribution in [2.75, 3.05) is 11.9 Å². The van der Waals surface area contributed by atoms with Crippen LogP contribution in [0.3, 0.4) is 0 Å². The summed E-state index contributed by atoms with van der Waals surface area (Å²) in [6.45, 7) is 7.74. The Kier molecular flexibility index (Phi) is 4.61. The Labute approximate surface area is 118 Å². The van der Waals surface area contributed by atoms with E-state index in [4.69, 9.17) is 4.74 Å². The average molecular weight is 277 g/mol. The van der Waals surface area contributed by atoms with E-state index in [1.807, 2.05) is 37.6 Å². The Balaban J connectivity index is 2.05. The van der Waals surface area contributed by atoms with Gasteiger partial charge in [-0.2, -0.15) is 5.10 Å². The Morgan fingerprint density at radius 3 is 2.75 bits per heavy atom. The summed E-state index contributed by atoms with van der Waals surface area (Å²) in [5.41, 5.74) is 2.80. The molecule has 0 spiro atoms. The van der Waals surface area contributed by atoms with E-state index in [2.05, 4.69) is 10.4 Å². The number of aryl methyl sites for hydroxylation is 2. The summed E-state index contributed by atoms with van der Waals surface area (Å²) >= 11 is 0. The minimum Gasteiger partial charge on any atom is -0.491 e. The fourth-order valence-corrected chi connectivity index (χ4v) is 2.09. The molecule has 0 fully saturated rings. The molecular formula is C15H20FN3O. The monoisotopic (exact) mass is 277 g/mol. The highest BCUT2D eigenvalue weighted by molar-refractivity contribution is 5.47. The van der Waals surface area contributed by atoms with Crippen LogP contribution in [-0.2, 0) is 13.1 Å². The van der Waals surface area contributed by atoms with Crippen LogP contribution in [-0.4, -0.2) is 16.4 Å². The highest BCUT2D eigenvalue weighted by Gasteiger charge is 2.06. The second-order valence-corrected chi connectivity index (χ2v) is 4.52. The number of halogens is 1. The van der Waals surface area contributed by atoms with Crippen LogP contribution in [0.15, 0.2) is 24.3 Å². The van der Waals surface area contributed by atoms with Gasteiger partial charge >= 0.3 is 0 Å². The van der Waals surface area contributed by atoms with E-state index in [1.54, 1.807) is 6.07 Å². The number of hydrogen-bond acceptors (Lipinski definition) is 3. The summed E-state index contributed by atoms with van der Waals surface area (Å²) in [5.74, 6) is -0.0653. The Morgan fingerprint density at radius 2 is 2.10 bits per heavy atom. The maximum Gasteiger partial charge on any atom is 0.167 e. The van der Waals surface area contributed by atoms with Crippen LogP contribution in [0.1, 0.15) is 25.2 Å². The predicted molar refractivity (Wildman–Crippen MR) is 77.5 cm³/mol. The lowest BCUT2D eigenvalue weighted by atomic mass is 10.2. The van der Waals surface area contributed by atoms with Crippen LogP contribution in [0, 0.1) is 12.7 Å². The lowest BCUT2D eigenvalue weighted by Crippen LogP contribution is -2.08. The quantitative estimate of drug-likeness (QED) is 0.880. The van der Waals surface area contributed by atoms with Crippen molar-refractivity contribution < 1.29 is 9.13 Å². The largest absolute Gasteiger partial charge is 0.491 e. The van der Waals surface area contributed by atoms with Gasteiger partial charge in [-0.15, -0.1) is 0 Å². The molecule has 0 amide bonds. The number of aromatic nitrogens is 2. The van der Waals surface area contributed by atoms with Gasteiger partial charge in [0.2, 0.25) is 0 Å². The smallest absolute Gasteiger partial charge is 0.167 e. The van der Waals surface area contributed by atoms with E-state index < -0.39 is 0 Å². The topological polar surface area (TPSA) is 39.1 Å². The fourth-order valence-electron chi connectivity index (χ4n) is 2.09. The summed E-state index contributed by atoms with van der Waals surface area (Å²) in [5, 5.41) is 7.58. The third-order valence-corrected chi connectivity index (χ3v) is 2.99. The Morgan fingerprint density at radius 1 is 1.30 bits per heavy atom. The molecule has 1 heterocycles. The molecule has 1 aromatic carbocycles. The molecule has 20 heavy (non-hydrogen) atoms. The molecule has 0 aliphatic carbocycles. The summed E-state index contributed by atoms with van der Waals surface area (Å²) in [6.07, 6.45) is 0. The average Bonchev–Trinajstić information content (AvgIpc) is 2.79. The first kappa shape index (κ1) is 14.4. The van der Waals surface area contributed by atoms with Gasteiger partial charge in [-0.3, -0.25) is 4.68 Å². The van der Waals surface area contributed by atoms with Crippen molar-refractivity contribution in [2.24, 2.45) is 0 Å². The summed E-state index contributed by atoms with van der Waals surface area (Å²) in [4.78, 5) is 0. The molecule has 1 N–H and O–H groups in total. The molecule has 0 aliphatic rings. The lowest BCUT2D eigenvalue weighted by molar-refractivity contribution is 0.321. The van der Waals surface area contributed by atoms with Crippen LogP contribution < -0.4 is 10.1 Å². The Hall–Kier alpha value is -2.04. The molecule has 0 saturated heterocycles. The third kappa shape index (κ3) is 3.29. The van der Waals surface area contributed by atoms with Crippen molar-refractivity contribution in [2.45, 2.75) is 33.9 Å². The SMILES string of the molecule is CCOc1ccc(NCc2cc(C)nn2CC)cc1F. The number of ether oxygens (including phenoxy) is 1. The van der Waals surface area contributed by atoms with Crippen molar-refractivity contribution >= 4 is 5.69 Å². The molecule has 0 radical (unpaired) electrons. The standard InChI is InChI=1S/C15H20FN3O/c1-4-19-13(8-11(3)18-19)10-17-12-6-7-15(20-5-2)14(16)9-12/h6-9,17H,4-5,10H2,1-3H3. The molecule has 108 valence electrons. The maximum absolute atomic E-state index is 13.7. The van der Waals surface area contributed by atoms with Crippen molar-refractivity contribution in [3.05, 3.63) is 41.5 Å². The second kappa shape index (κ2) is 6.41.